The quantitative estimate of drug-likeness (QED) is 0.546. The molecule has 2 rings (SSSR count). The van der Waals surface area contributed by atoms with Crippen LogP contribution in [0.1, 0.15) is 24.8 Å². The number of hydrogen-bond acceptors (Lipinski definition) is 5. The molecule has 8 heteroatoms. The SMILES string of the molecule is NS(=O)(=O)c1ccc(CCNCCC(=O)NCC2CCCO2)cc1. The van der Waals surface area contributed by atoms with Crippen LogP contribution in [0.15, 0.2) is 29.2 Å². The van der Waals surface area contributed by atoms with Gasteiger partial charge in [0.1, 0.15) is 0 Å². The Bertz CT molecular complexity index is 625. The van der Waals surface area contributed by atoms with Crippen LogP contribution >= 0.6 is 0 Å². The lowest BCUT2D eigenvalue weighted by Crippen LogP contribution is -2.33. The molecule has 0 radical (unpaired) electrons. The third-order valence-corrected chi connectivity index (χ3v) is 4.85. The molecule has 1 amide bonds. The second-order valence-corrected chi connectivity index (χ2v) is 7.44. The average Bonchev–Trinajstić information content (AvgIpc) is 3.05. The minimum Gasteiger partial charge on any atom is -0.376 e. The third kappa shape index (κ3) is 6.56. The number of hydrogen-bond donors (Lipinski definition) is 3. The van der Waals surface area contributed by atoms with E-state index in [2.05, 4.69) is 10.6 Å². The first-order valence-electron chi connectivity index (χ1n) is 8.16. The Morgan fingerprint density at radius 1 is 1.25 bits per heavy atom. The summed E-state index contributed by atoms with van der Waals surface area (Å²) in [6.07, 6.45) is 3.44. The molecular weight excluding hydrogens is 330 g/mol. The topological polar surface area (TPSA) is 111 Å². The maximum atomic E-state index is 11.7. The van der Waals surface area contributed by atoms with E-state index in [1.165, 1.54) is 12.1 Å². The molecule has 0 aromatic heterocycles. The predicted molar refractivity (Wildman–Crippen MR) is 91.0 cm³/mol. The summed E-state index contributed by atoms with van der Waals surface area (Å²) in [6, 6.07) is 6.50. The lowest BCUT2D eigenvalue weighted by molar-refractivity contribution is -0.121. The highest BCUT2D eigenvalue weighted by molar-refractivity contribution is 7.89. The molecule has 1 saturated heterocycles. The number of nitrogens with one attached hydrogen (secondary N) is 2. The smallest absolute Gasteiger partial charge is 0.238 e. The Labute approximate surface area is 143 Å². The maximum absolute atomic E-state index is 11.7. The summed E-state index contributed by atoms with van der Waals surface area (Å²) in [5.74, 6) is 0.0236. The molecule has 7 nitrogen and oxygen atoms in total. The van der Waals surface area contributed by atoms with Gasteiger partial charge in [0.05, 0.1) is 11.0 Å². The highest BCUT2D eigenvalue weighted by Gasteiger charge is 2.15. The fourth-order valence-electron chi connectivity index (χ4n) is 2.53. The Kier molecular flexibility index (Phi) is 7.16. The highest BCUT2D eigenvalue weighted by Crippen LogP contribution is 2.10. The highest BCUT2D eigenvalue weighted by atomic mass is 32.2. The summed E-state index contributed by atoms with van der Waals surface area (Å²) < 4.78 is 27.8. The van der Waals surface area contributed by atoms with Crippen molar-refractivity contribution >= 4 is 15.9 Å². The second-order valence-electron chi connectivity index (χ2n) is 5.88. The molecule has 1 fully saturated rings. The summed E-state index contributed by atoms with van der Waals surface area (Å²) in [5.41, 5.74) is 1.01. The zero-order valence-corrected chi connectivity index (χ0v) is 14.5. The van der Waals surface area contributed by atoms with Gasteiger partial charge in [0.25, 0.3) is 0 Å². The number of sulfonamides is 1. The van der Waals surface area contributed by atoms with Gasteiger partial charge in [0, 0.05) is 26.1 Å². The summed E-state index contributed by atoms with van der Waals surface area (Å²) in [7, 11) is -3.64. The van der Waals surface area contributed by atoms with Gasteiger partial charge in [-0.25, -0.2) is 13.6 Å². The molecule has 1 aliphatic rings. The zero-order chi connectivity index (χ0) is 17.4. The number of ether oxygens (including phenoxy) is 1. The molecule has 0 saturated carbocycles. The van der Waals surface area contributed by atoms with Gasteiger partial charge in [-0.1, -0.05) is 12.1 Å². The van der Waals surface area contributed by atoms with Gasteiger partial charge in [-0.15, -0.1) is 0 Å². The molecule has 4 N–H and O–H groups in total. The van der Waals surface area contributed by atoms with E-state index in [0.29, 0.717) is 26.1 Å². The lowest BCUT2D eigenvalue weighted by atomic mass is 10.1. The Morgan fingerprint density at radius 3 is 2.62 bits per heavy atom. The third-order valence-electron chi connectivity index (χ3n) is 3.92. The number of carbonyl (C=O) groups excluding carboxylic acids is 1. The number of benzene rings is 1. The van der Waals surface area contributed by atoms with Crippen molar-refractivity contribution in [1.82, 2.24) is 10.6 Å². The molecule has 0 bridgehead atoms. The summed E-state index contributed by atoms with van der Waals surface area (Å²) >= 11 is 0. The van der Waals surface area contributed by atoms with Crippen LogP contribution in [0.3, 0.4) is 0 Å². The van der Waals surface area contributed by atoms with Crippen LogP contribution in [0.5, 0.6) is 0 Å². The van der Waals surface area contributed by atoms with Crippen LogP contribution in [-0.2, 0) is 26.0 Å². The molecule has 1 heterocycles. The fourth-order valence-corrected chi connectivity index (χ4v) is 3.04. The first-order chi connectivity index (χ1) is 11.4. The maximum Gasteiger partial charge on any atom is 0.238 e. The molecule has 134 valence electrons. The molecule has 1 aliphatic heterocycles. The molecule has 1 atom stereocenters. The minimum atomic E-state index is -3.64. The number of carbonyl (C=O) groups is 1. The Morgan fingerprint density at radius 2 is 2.00 bits per heavy atom. The number of rotatable bonds is 9. The van der Waals surface area contributed by atoms with Gasteiger partial charge in [0.15, 0.2) is 0 Å². The molecular formula is C16H25N3O4S. The molecule has 24 heavy (non-hydrogen) atoms. The van der Waals surface area contributed by atoms with E-state index < -0.39 is 10.0 Å². The molecule has 1 aromatic carbocycles. The van der Waals surface area contributed by atoms with Gasteiger partial charge < -0.3 is 15.4 Å². The zero-order valence-electron chi connectivity index (χ0n) is 13.7. The largest absolute Gasteiger partial charge is 0.376 e. The van der Waals surface area contributed by atoms with E-state index in [4.69, 9.17) is 9.88 Å². The van der Waals surface area contributed by atoms with Crippen LogP contribution in [0.25, 0.3) is 0 Å². The van der Waals surface area contributed by atoms with Crippen molar-refractivity contribution in [3.63, 3.8) is 0 Å². The van der Waals surface area contributed by atoms with Crippen LogP contribution in [0, 0.1) is 0 Å². The Balaban J connectivity index is 1.56. The molecule has 0 spiro atoms. The van der Waals surface area contributed by atoms with Crippen LogP contribution in [-0.4, -0.2) is 46.7 Å². The number of primary sulfonamides is 1. The van der Waals surface area contributed by atoms with Crippen molar-refractivity contribution in [3.8, 4) is 0 Å². The summed E-state index contributed by atoms with van der Waals surface area (Å²) in [5, 5.41) is 11.1. The van der Waals surface area contributed by atoms with Gasteiger partial charge in [-0.05, 0) is 43.5 Å². The van der Waals surface area contributed by atoms with E-state index >= 15 is 0 Å². The molecule has 0 aliphatic carbocycles. The lowest BCUT2D eigenvalue weighted by Gasteiger charge is -2.11. The Hall–Kier alpha value is -1.48. The molecule has 1 unspecified atom stereocenters. The monoisotopic (exact) mass is 355 g/mol. The second kappa shape index (κ2) is 9.12. The van der Waals surface area contributed by atoms with Crippen LogP contribution in [0.2, 0.25) is 0 Å². The minimum absolute atomic E-state index is 0.0236. The van der Waals surface area contributed by atoms with E-state index in [0.717, 1.165) is 31.4 Å². The van der Waals surface area contributed by atoms with Gasteiger partial charge >= 0.3 is 0 Å². The number of amides is 1. The predicted octanol–water partition coefficient (Wildman–Crippen LogP) is 0.151. The van der Waals surface area contributed by atoms with Crippen molar-refractivity contribution in [1.29, 1.82) is 0 Å². The van der Waals surface area contributed by atoms with Crippen molar-refractivity contribution in [2.75, 3.05) is 26.2 Å². The standard InChI is InChI=1S/C16H25N3O4S/c17-24(21,22)15-5-3-13(4-6-15)7-9-18-10-8-16(20)19-12-14-2-1-11-23-14/h3-6,14,18H,1-2,7-12H2,(H,19,20)(H2,17,21,22). The van der Waals surface area contributed by atoms with Gasteiger partial charge in [0.2, 0.25) is 15.9 Å². The van der Waals surface area contributed by atoms with E-state index in [1.807, 2.05) is 0 Å². The fraction of sp³-hybridized carbons (Fsp3) is 0.562. The summed E-state index contributed by atoms with van der Waals surface area (Å²) in [6.45, 7) is 2.70. The van der Waals surface area contributed by atoms with Crippen LogP contribution in [0.4, 0.5) is 0 Å². The van der Waals surface area contributed by atoms with Crippen molar-refractivity contribution < 1.29 is 17.9 Å². The van der Waals surface area contributed by atoms with E-state index in [-0.39, 0.29) is 16.9 Å². The normalized spacial score (nSPS) is 17.8. The van der Waals surface area contributed by atoms with Gasteiger partial charge in [-0.2, -0.15) is 0 Å². The number of nitrogens with two attached hydrogens (primary N) is 1. The van der Waals surface area contributed by atoms with Crippen LogP contribution < -0.4 is 15.8 Å². The first kappa shape index (κ1) is 18.9. The van der Waals surface area contributed by atoms with Crippen molar-refractivity contribution in [2.24, 2.45) is 5.14 Å². The first-order valence-corrected chi connectivity index (χ1v) is 9.70. The molecule has 1 aromatic rings. The van der Waals surface area contributed by atoms with E-state index in [9.17, 15) is 13.2 Å². The van der Waals surface area contributed by atoms with E-state index in [1.54, 1.807) is 12.1 Å². The summed E-state index contributed by atoms with van der Waals surface area (Å²) in [4.78, 5) is 11.8. The van der Waals surface area contributed by atoms with Crippen molar-refractivity contribution in [3.05, 3.63) is 29.8 Å². The van der Waals surface area contributed by atoms with Crippen molar-refractivity contribution in [2.45, 2.75) is 36.7 Å². The average molecular weight is 355 g/mol. The van der Waals surface area contributed by atoms with Gasteiger partial charge in [-0.3, -0.25) is 4.79 Å².